The molecule has 0 amide bonds. The average Bonchev–Trinajstić information content (AvgIpc) is 3.10. The Morgan fingerprint density at radius 2 is 1.76 bits per heavy atom. The van der Waals surface area contributed by atoms with Gasteiger partial charge in [-0.05, 0) is 90.8 Å². The average molecular weight is 474 g/mol. The van der Waals surface area contributed by atoms with Gasteiger partial charge in [0.1, 0.15) is 0 Å². The van der Waals surface area contributed by atoms with Crippen LogP contribution in [0.15, 0.2) is 11.5 Å². The van der Waals surface area contributed by atoms with Gasteiger partial charge in [-0.25, -0.2) is 0 Å². The molecule has 4 rings (SSSR count). The SMILES string of the molecule is CC(=O)OC1=C([N+](=O)[O-])C[C@@]2(C)[C@@H](CC[C@H]3[C@H]2CC[C@]2(C)[C@@H]([C@@H](C)CCCC(C)C)CC[C@@H]32)C1. The first-order valence-corrected chi connectivity index (χ1v) is 14.0. The molecule has 0 aromatic rings. The smallest absolute Gasteiger partial charge is 0.307 e. The van der Waals surface area contributed by atoms with Gasteiger partial charge in [0.15, 0.2) is 5.76 Å². The van der Waals surface area contributed by atoms with Gasteiger partial charge in [-0.1, -0.05) is 53.9 Å². The predicted octanol–water partition coefficient (Wildman–Crippen LogP) is 7.77. The lowest BCUT2D eigenvalue weighted by molar-refractivity contribution is -0.436. The summed E-state index contributed by atoms with van der Waals surface area (Å²) in [7, 11) is 0. The van der Waals surface area contributed by atoms with E-state index in [-0.39, 0.29) is 16.0 Å². The largest absolute Gasteiger partial charge is 0.424 e. The molecule has 0 aromatic heterocycles. The minimum absolute atomic E-state index is 0.0583. The molecule has 0 spiro atoms. The highest BCUT2D eigenvalue weighted by atomic mass is 16.6. The molecular formula is C29H47NO4. The zero-order valence-electron chi connectivity index (χ0n) is 22.4. The molecule has 0 unspecified atom stereocenters. The number of allylic oxidation sites excluding steroid dienone is 2. The van der Waals surface area contributed by atoms with E-state index >= 15 is 0 Å². The van der Waals surface area contributed by atoms with E-state index in [1.54, 1.807) is 0 Å². The second kappa shape index (κ2) is 9.58. The van der Waals surface area contributed by atoms with Gasteiger partial charge in [0, 0.05) is 19.8 Å². The van der Waals surface area contributed by atoms with Crippen molar-refractivity contribution in [3.63, 3.8) is 0 Å². The number of nitrogens with zero attached hydrogens (tertiary/aromatic N) is 1. The number of hydrogen-bond donors (Lipinski definition) is 0. The molecule has 8 atom stereocenters. The van der Waals surface area contributed by atoms with E-state index < -0.39 is 5.97 Å². The van der Waals surface area contributed by atoms with Crippen LogP contribution < -0.4 is 0 Å². The van der Waals surface area contributed by atoms with Gasteiger partial charge in [-0.2, -0.15) is 0 Å². The molecular weight excluding hydrogens is 426 g/mol. The molecule has 192 valence electrons. The number of fused-ring (bicyclic) bond motifs is 5. The van der Waals surface area contributed by atoms with Crippen molar-refractivity contribution < 1.29 is 14.5 Å². The van der Waals surface area contributed by atoms with Crippen molar-refractivity contribution in [3.05, 3.63) is 21.6 Å². The predicted molar refractivity (Wildman–Crippen MR) is 134 cm³/mol. The lowest BCUT2D eigenvalue weighted by Gasteiger charge is -2.60. The Bertz CT molecular complexity index is 834. The summed E-state index contributed by atoms with van der Waals surface area (Å²) in [5, 5.41) is 12.0. The molecule has 0 heterocycles. The molecule has 5 nitrogen and oxygen atoms in total. The Balaban J connectivity index is 1.53. The molecule has 4 aliphatic carbocycles. The van der Waals surface area contributed by atoms with Crippen molar-refractivity contribution in [1.82, 2.24) is 0 Å². The molecule has 0 bridgehead atoms. The summed E-state index contributed by atoms with van der Waals surface area (Å²) in [6.45, 7) is 13.4. The van der Waals surface area contributed by atoms with E-state index in [0.29, 0.717) is 41.8 Å². The van der Waals surface area contributed by atoms with Crippen LogP contribution in [0, 0.1) is 62.4 Å². The minimum atomic E-state index is -0.445. The fourth-order valence-electron chi connectivity index (χ4n) is 9.41. The van der Waals surface area contributed by atoms with Gasteiger partial charge in [-0.15, -0.1) is 0 Å². The lowest BCUT2D eigenvalue weighted by Crippen LogP contribution is -2.53. The Hall–Kier alpha value is -1.39. The van der Waals surface area contributed by atoms with Gasteiger partial charge in [0.05, 0.1) is 4.92 Å². The van der Waals surface area contributed by atoms with E-state index in [0.717, 1.165) is 30.1 Å². The number of esters is 1. The van der Waals surface area contributed by atoms with E-state index in [9.17, 15) is 14.9 Å². The molecule has 0 saturated heterocycles. The summed E-state index contributed by atoms with van der Waals surface area (Å²) < 4.78 is 5.37. The van der Waals surface area contributed by atoms with Crippen molar-refractivity contribution >= 4 is 5.97 Å². The zero-order chi connectivity index (χ0) is 24.8. The van der Waals surface area contributed by atoms with Crippen molar-refractivity contribution in [2.45, 2.75) is 112 Å². The lowest BCUT2D eigenvalue weighted by atomic mass is 9.44. The third-order valence-corrected chi connectivity index (χ3v) is 11.1. The van der Waals surface area contributed by atoms with E-state index in [4.69, 9.17) is 4.74 Å². The van der Waals surface area contributed by atoms with Crippen molar-refractivity contribution in [1.29, 1.82) is 0 Å². The van der Waals surface area contributed by atoms with Crippen molar-refractivity contribution in [3.8, 4) is 0 Å². The van der Waals surface area contributed by atoms with Gasteiger partial charge >= 0.3 is 5.97 Å². The summed E-state index contributed by atoms with van der Waals surface area (Å²) in [5.41, 5.74) is 0.532. The number of carbonyl (C=O) groups is 1. The van der Waals surface area contributed by atoms with Crippen molar-refractivity contribution in [2.75, 3.05) is 0 Å². The van der Waals surface area contributed by atoms with Crippen molar-refractivity contribution in [2.24, 2.45) is 52.3 Å². The molecule has 0 aliphatic heterocycles. The molecule has 0 N–H and O–H groups in total. The Morgan fingerprint density at radius 3 is 2.41 bits per heavy atom. The Kier molecular flexibility index (Phi) is 7.24. The summed E-state index contributed by atoms with van der Waals surface area (Å²) in [5.74, 6) is 4.68. The summed E-state index contributed by atoms with van der Waals surface area (Å²) >= 11 is 0. The number of carbonyl (C=O) groups excluding carboxylic acids is 1. The first kappa shape index (κ1) is 25.7. The van der Waals surface area contributed by atoms with Crippen LogP contribution in [-0.2, 0) is 9.53 Å². The fourth-order valence-corrected chi connectivity index (χ4v) is 9.41. The molecule has 34 heavy (non-hydrogen) atoms. The van der Waals surface area contributed by atoms with Crippen LogP contribution in [0.4, 0.5) is 0 Å². The highest BCUT2D eigenvalue weighted by molar-refractivity contribution is 5.67. The molecule has 0 aromatic carbocycles. The molecule has 3 fully saturated rings. The fraction of sp³-hybridized carbons (Fsp3) is 0.897. The maximum atomic E-state index is 12.0. The van der Waals surface area contributed by atoms with Gasteiger partial charge in [-0.3, -0.25) is 14.9 Å². The highest BCUT2D eigenvalue weighted by Gasteiger charge is 2.61. The minimum Gasteiger partial charge on any atom is -0.424 e. The number of rotatable bonds is 7. The molecule has 0 radical (unpaired) electrons. The second-order valence-corrected chi connectivity index (χ2v) is 13.3. The van der Waals surface area contributed by atoms with Crippen LogP contribution >= 0.6 is 0 Å². The zero-order valence-corrected chi connectivity index (χ0v) is 22.4. The molecule has 4 aliphatic rings. The normalized spacial score (nSPS) is 40.4. The van der Waals surface area contributed by atoms with Gasteiger partial charge in [0.2, 0.25) is 0 Å². The third kappa shape index (κ3) is 4.46. The van der Waals surface area contributed by atoms with Gasteiger partial charge in [0.25, 0.3) is 5.70 Å². The van der Waals surface area contributed by atoms with Crippen LogP contribution in [-0.4, -0.2) is 10.9 Å². The summed E-state index contributed by atoms with van der Waals surface area (Å²) in [6, 6.07) is 0. The quantitative estimate of drug-likeness (QED) is 0.215. The molecule has 3 saturated carbocycles. The van der Waals surface area contributed by atoms with E-state index in [1.165, 1.54) is 58.3 Å². The summed E-state index contributed by atoms with van der Waals surface area (Å²) in [6.07, 6.45) is 12.6. The number of ether oxygens (including phenoxy) is 1. The highest BCUT2D eigenvalue weighted by Crippen LogP contribution is 2.68. The van der Waals surface area contributed by atoms with Crippen LogP contribution in [0.1, 0.15) is 112 Å². The maximum Gasteiger partial charge on any atom is 0.307 e. The molecule has 5 heteroatoms. The standard InChI is InChI=1S/C29H47NO4/c1-18(2)8-7-9-19(3)23-12-13-24-22-11-10-21-16-27(34-20(4)31)26(30(32)33)17-29(21,6)25(22)14-15-28(23,24)5/h18-19,21-25H,7-17H2,1-6H3/t19-,21-,22+,23+,24-,25+,28+,29-/m0/s1. The second-order valence-electron chi connectivity index (χ2n) is 13.3. The van der Waals surface area contributed by atoms with Crippen LogP contribution in [0.3, 0.4) is 0 Å². The topological polar surface area (TPSA) is 69.4 Å². The van der Waals surface area contributed by atoms with E-state index in [2.05, 4.69) is 34.6 Å². The van der Waals surface area contributed by atoms with Gasteiger partial charge < -0.3 is 4.74 Å². The first-order valence-electron chi connectivity index (χ1n) is 14.0. The number of hydrogen-bond acceptors (Lipinski definition) is 4. The van der Waals surface area contributed by atoms with Crippen LogP contribution in [0.2, 0.25) is 0 Å². The monoisotopic (exact) mass is 473 g/mol. The number of nitro groups is 1. The maximum absolute atomic E-state index is 12.0. The summed E-state index contributed by atoms with van der Waals surface area (Å²) in [4.78, 5) is 23.3. The van der Waals surface area contributed by atoms with Crippen LogP contribution in [0.25, 0.3) is 0 Å². The van der Waals surface area contributed by atoms with E-state index in [1.807, 2.05) is 0 Å². The Labute approximate surface area is 206 Å². The third-order valence-electron chi connectivity index (χ3n) is 11.1. The van der Waals surface area contributed by atoms with Crippen LogP contribution in [0.5, 0.6) is 0 Å². The Morgan fingerprint density at radius 1 is 1.06 bits per heavy atom. The first-order chi connectivity index (χ1) is 16.0.